The molecule has 0 aliphatic rings. The van der Waals surface area contributed by atoms with Gasteiger partial charge in [-0.25, -0.2) is 0 Å². The molecule has 1 atom stereocenters. The molecule has 398 valence electrons. The third-order valence-electron chi connectivity index (χ3n) is 13.4. The van der Waals surface area contributed by atoms with Crippen molar-refractivity contribution in [1.82, 2.24) is 0 Å². The van der Waals surface area contributed by atoms with Gasteiger partial charge in [0.25, 0.3) is 0 Å². The first-order valence-corrected chi connectivity index (χ1v) is 30.0. The summed E-state index contributed by atoms with van der Waals surface area (Å²) in [6, 6.07) is 0. The van der Waals surface area contributed by atoms with Gasteiger partial charge in [0.15, 0.2) is 6.10 Å². The number of allylic oxidation sites excluding steroid dienone is 6. The van der Waals surface area contributed by atoms with Gasteiger partial charge in [-0.15, -0.1) is 0 Å². The van der Waals surface area contributed by atoms with Gasteiger partial charge in [-0.1, -0.05) is 263 Å². The quantitative estimate of drug-likeness (QED) is 0.0262. The van der Waals surface area contributed by atoms with Crippen molar-refractivity contribution in [3.8, 4) is 0 Å². The summed E-state index contributed by atoms with van der Waals surface area (Å²) in [6.45, 7) is 6.66. The van der Waals surface area contributed by atoms with E-state index in [0.29, 0.717) is 19.3 Å². The summed E-state index contributed by atoms with van der Waals surface area (Å²) in [7, 11) is 0. The molecule has 0 bridgehead atoms. The van der Waals surface area contributed by atoms with Crippen LogP contribution in [0.15, 0.2) is 36.5 Å². The molecule has 0 radical (unpaired) electrons. The lowest BCUT2D eigenvalue weighted by Crippen LogP contribution is -2.30. The number of unbranched alkanes of at least 4 members (excludes halogenated alkanes) is 38. The average Bonchev–Trinajstić information content (AvgIpc) is 3.34. The Kier molecular flexibility index (Phi) is 55.2. The summed E-state index contributed by atoms with van der Waals surface area (Å²) in [5.41, 5.74) is 0. The van der Waals surface area contributed by atoms with Crippen LogP contribution in [0.2, 0.25) is 0 Å². The van der Waals surface area contributed by atoms with Gasteiger partial charge in [0.1, 0.15) is 13.2 Å². The number of hydrogen-bond acceptors (Lipinski definition) is 6. The molecule has 0 rings (SSSR count). The zero-order chi connectivity index (χ0) is 49.3. The van der Waals surface area contributed by atoms with Crippen LogP contribution in [0.5, 0.6) is 0 Å². The molecule has 0 N–H and O–H groups in total. The Bertz CT molecular complexity index is 1140. The maximum atomic E-state index is 12.9. The molecular weight excluding hydrogens is 841 g/mol. The second kappa shape index (κ2) is 57.2. The topological polar surface area (TPSA) is 78.9 Å². The van der Waals surface area contributed by atoms with E-state index >= 15 is 0 Å². The summed E-state index contributed by atoms with van der Waals surface area (Å²) < 4.78 is 16.9. The SMILES string of the molecule is CCCCCCC/C=C\C/C=C\CCCCCCCCCCCC(=O)OCC(COC(=O)CCCCCCCCCCCCCCCC)OC(=O)CCCCCCC/C=C\CCCCCCCC. The monoisotopic (exact) mass is 955 g/mol. The van der Waals surface area contributed by atoms with Crippen LogP contribution in [-0.4, -0.2) is 37.2 Å². The van der Waals surface area contributed by atoms with Crippen LogP contribution in [0.1, 0.15) is 323 Å². The zero-order valence-corrected chi connectivity index (χ0v) is 45.6. The van der Waals surface area contributed by atoms with Crippen molar-refractivity contribution in [1.29, 1.82) is 0 Å². The largest absolute Gasteiger partial charge is 0.462 e. The van der Waals surface area contributed by atoms with E-state index in [1.54, 1.807) is 0 Å². The van der Waals surface area contributed by atoms with Crippen molar-refractivity contribution in [2.75, 3.05) is 13.2 Å². The van der Waals surface area contributed by atoms with Crippen molar-refractivity contribution >= 4 is 17.9 Å². The van der Waals surface area contributed by atoms with Crippen LogP contribution in [0.3, 0.4) is 0 Å². The molecule has 0 fully saturated rings. The molecule has 68 heavy (non-hydrogen) atoms. The van der Waals surface area contributed by atoms with E-state index in [4.69, 9.17) is 14.2 Å². The first kappa shape index (κ1) is 65.6. The number of carbonyl (C=O) groups is 3. The molecule has 1 unspecified atom stereocenters. The third-order valence-corrected chi connectivity index (χ3v) is 13.4. The van der Waals surface area contributed by atoms with Gasteiger partial charge in [0.2, 0.25) is 0 Å². The molecular formula is C62H114O6. The molecule has 0 amide bonds. The van der Waals surface area contributed by atoms with E-state index in [0.717, 1.165) is 70.6 Å². The normalized spacial score (nSPS) is 12.2. The highest BCUT2D eigenvalue weighted by Crippen LogP contribution is 2.16. The minimum atomic E-state index is -0.775. The van der Waals surface area contributed by atoms with Gasteiger partial charge in [0, 0.05) is 19.3 Å². The Morgan fingerprint density at radius 1 is 0.294 bits per heavy atom. The highest BCUT2D eigenvalue weighted by Gasteiger charge is 2.19. The van der Waals surface area contributed by atoms with Crippen molar-refractivity contribution < 1.29 is 28.6 Å². The van der Waals surface area contributed by atoms with E-state index in [-0.39, 0.29) is 31.1 Å². The average molecular weight is 956 g/mol. The van der Waals surface area contributed by atoms with E-state index < -0.39 is 6.10 Å². The molecule has 0 saturated carbocycles. The lowest BCUT2D eigenvalue weighted by atomic mass is 10.0. The standard InChI is InChI=1S/C62H114O6/c1-4-7-10-13-16-19-22-25-28-29-30-31-32-33-35-37-40-43-46-49-52-55-61(64)67-58-59(57-66-60(63)54-51-48-45-42-39-36-27-24-21-18-15-12-9-6-3)68-62(65)56-53-50-47-44-41-38-34-26-23-20-17-14-11-8-5-2/h22,25-26,29-30,34,59H,4-21,23-24,27-28,31-33,35-58H2,1-3H3/b25-22-,30-29-,34-26-. The number of ether oxygens (including phenoxy) is 3. The minimum absolute atomic E-state index is 0.0729. The highest BCUT2D eigenvalue weighted by molar-refractivity contribution is 5.71. The molecule has 6 nitrogen and oxygen atoms in total. The number of esters is 3. The van der Waals surface area contributed by atoms with Crippen LogP contribution in [-0.2, 0) is 28.6 Å². The van der Waals surface area contributed by atoms with Crippen molar-refractivity contribution in [2.24, 2.45) is 0 Å². The molecule has 6 heteroatoms. The Hall–Kier alpha value is -2.37. The summed E-state index contributed by atoms with van der Waals surface area (Å²) in [4.78, 5) is 38.2. The van der Waals surface area contributed by atoms with Gasteiger partial charge in [-0.05, 0) is 77.0 Å². The molecule has 0 aromatic rings. The molecule has 0 aromatic carbocycles. The van der Waals surface area contributed by atoms with Crippen molar-refractivity contribution in [3.05, 3.63) is 36.5 Å². The summed E-state index contributed by atoms with van der Waals surface area (Å²) >= 11 is 0. The Morgan fingerprint density at radius 3 is 0.824 bits per heavy atom. The minimum Gasteiger partial charge on any atom is -0.462 e. The molecule has 0 aliphatic heterocycles. The Morgan fingerprint density at radius 2 is 0.529 bits per heavy atom. The fourth-order valence-electron chi connectivity index (χ4n) is 8.82. The maximum absolute atomic E-state index is 12.9. The first-order valence-electron chi connectivity index (χ1n) is 30.0. The summed E-state index contributed by atoms with van der Waals surface area (Å²) in [5, 5.41) is 0. The Balaban J connectivity index is 4.32. The fraction of sp³-hybridized carbons (Fsp3) is 0.855. The third kappa shape index (κ3) is 54.6. The van der Waals surface area contributed by atoms with E-state index in [2.05, 4.69) is 57.2 Å². The van der Waals surface area contributed by atoms with E-state index in [1.807, 2.05) is 0 Å². The van der Waals surface area contributed by atoms with Crippen molar-refractivity contribution in [2.45, 2.75) is 329 Å². The molecule has 0 aliphatic carbocycles. The summed E-state index contributed by atoms with van der Waals surface area (Å²) in [6.07, 6.45) is 68.5. The number of carbonyl (C=O) groups excluding carboxylic acids is 3. The van der Waals surface area contributed by atoms with Crippen molar-refractivity contribution in [3.63, 3.8) is 0 Å². The molecule has 0 spiro atoms. The first-order chi connectivity index (χ1) is 33.5. The second-order valence-corrected chi connectivity index (χ2v) is 20.3. The van der Waals surface area contributed by atoms with Gasteiger partial charge >= 0.3 is 17.9 Å². The van der Waals surface area contributed by atoms with Crippen LogP contribution in [0.4, 0.5) is 0 Å². The lowest BCUT2D eigenvalue weighted by molar-refractivity contribution is -0.167. The molecule has 0 heterocycles. The smallest absolute Gasteiger partial charge is 0.306 e. The van der Waals surface area contributed by atoms with Crippen LogP contribution < -0.4 is 0 Å². The van der Waals surface area contributed by atoms with Crippen LogP contribution in [0, 0.1) is 0 Å². The van der Waals surface area contributed by atoms with E-state index in [9.17, 15) is 14.4 Å². The van der Waals surface area contributed by atoms with E-state index in [1.165, 1.54) is 212 Å². The van der Waals surface area contributed by atoms with Crippen LogP contribution >= 0.6 is 0 Å². The maximum Gasteiger partial charge on any atom is 0.306 e. The van der Waals surface area contributed by atoms with Gasteiger partial charge in [-0.3, -0.25) is 14.4 Å². The molecule has 0 aromatic heterocycles. The van der Waals surface area contributed by atoms with Gasteiger partial charge in [0.05, 0.1) is 0 Å². The number of rotatable bonds is 55. The second-order valence-electron chi connectivity index (χ2n) is 20.3. The van der Waals surface area contributed by atoms with Gasteiger partial charge in [-0.2, -0.15) is 0 Å². The predicted molar refractivity (Wildman–Crippen MR) is 293 cm³/mol. The highest BCUT2D eigenvalue weighted by atomic mass is 16.6. The zero-order valence-electron chi connectivity index (χ0n) is 45.6. The van der Waals surface area contributed by atoms with Crippen LogP contribution in [0.25, 0.3) is 0 Å². The summed E-state index contributed by atoms with van der Waals surface area (Å²) in [5.74, 6) is -0.867. The number of hydrogen-bond donors (Lipinski definition) is 0. The lowest BCUT2D eigenvalue weighted by Gasteiger charge is -2.18. The predicted octanol–water partition coefficient (Wildman–Crippen LogP) is 20.0. The molecule has 0 saturated heterocycles. The fourth-order valence-corrected chi connectivity index (χ4v) is 8.82. The van der Waals surface area contributed by atoms with Gasteiger partial charge < -0.3 is 14.2 Å². The Labute approximate surface area is 423 Å².